The van der Waals surface area contributed by atoms with E-state index in [1.807, 2.05) is 23.5 Å². The third-order valence-electron chi connectivity index (χ3n) is 14.1. The quantitative estimate of drug-likeness (QED) is 0.172. The van der Waals surface area contributed by atoms with E-state index in [9.17, 15) is 0 Å². The Morgan fingerprint density at radius 2 is 1.12 bits per heavy atom. The highest BCUT2D eigenvalue weighted by Gasteiger charge is 2.39. The van der Waals surface area contributed by atoms with Crippen molar-refractivity contribution >= 4 is 97.4 Å². The molecule has 0 fully saturated rings. The minimum Gasteiger partial charge on any atom is -0.456 e. The van der Waals surface area contributed by atoms with Crippen LogP contribution in [0.15, 0.2) is 217 Å². The molecule has 0 saturated heterocycles. The van der Waals surface area contributed by atoms with Crippen LogP contribution in [0.4, 0.5) is 11.4 Å². The van der Waals surface area contributed by atoms with Crippen LogP contribution in [0.3, 0.4) is 0 Å². The largest absolute Gasteiger partial charge is 0.456 e. The number of anilines is 2. The maximum absolute atomic E-state index is 6.46. The van der Waals surface area contributed by atoms with Crippen LogP contribution in [0.1, 0.15) is 11.5 Å². The van der Waals surface area contributed by atoms with Crippen LogP contribution in [0.5, 0.6) is 0 Å². The van der Waals surface area contributed by atoms with Crippen molar-refractivity contribution in [3.8, 4) is 39.9 Å². The van der Waals surface area contributed by atoms with Crippen LogP contribution in [0.2, 0.25) is 0 Å². The molecule has 0 amide bonds. The third kappa shape index (κ3) is 5.60. The van der Waals surface area contributed by atoms with Gasteiger partial charge < -0.3 is 13.9 Å². The lowest BCUT2D eigenvalue weighted by Gasteiger charge is -2.30. The van der Waals surface area contributed by atoms with Crippen molar-refractivity contribution in [2.75, 3.05) is 4.90 Å². The van der Waals surface area contributed by atoms with Crippen LogP contribution in [-0.4, -0.2) is 25.6 Å². The molecular formula is C61H37N5OS. The van der Waals surface area contributed by atoms with Gasteiger partial charge in [0.25, 0.3) is 0 Å². The zero-order valence-corrected chi connectivity index (χ0v) is 37.2. The van der Waals surface area contributed by atoms with Gasteiger partial charge in [0, 0.05) is 75.7 Å². The number of para-hydroxylation sites is 3. The zero-order valence-electron chi connectivity index (χ0n) is 36.4. The molecule has 2 aliphatic rings. The fourth-order valence-corrected chi connectivity index (χ4v) is 12.2. The van der Waals surface area contributed by atoms with E-state index in [0.29, 0.717) is 17.5 Å². The smallest absolute Gasteiger partial charge is 0.166 e. The van der Waals surface area contributed by atoms with Gasteiger partial charge in [-0.05, 0) is 101 Å². The summed E-state index contributed by atoms with van der Waals surface area (Å²) in [4.78, 5) is 19.0. The molecule has 68 heavy (non-hydrogen) atoms. The minimum absolute atomic E-state index is 0.0496. The highest BCUT2D eigenvalue weighted by Crippen LogP contribution is 2.53. The van der Waals surface area contributed by atoms with Crippen LogP contribution in [0, 0.1) is 0 Å². The predicted molar refractivity (Wildman–Crippen MR) is 282 cm³/mol. The third-order valence-corrected chi connectivity index (χ3v) is 15.3. The van der Waals surface area contributed by atoms with Crippen molar-refractivity contribution in [3.05, 3.63) is 218 Å². The Bertz CT molecular complexity index is 4310. The first-order valence-electron chi connectivity index (χ1n) is 23.1. The fourth-order valence-electron chi connectivity index (χ4n) is 11.0. The summed E-state index contributed by atoms with van der Waals surface area (Å²) in [6.07, 6.45) is 9.09. The van der Waals surface area contributed by atoms with Crippen LogP contribution < -0.4 is 4.90 Å². The van der Waals surface area contributed by atoms with Gasteiger partial charge in [0.2, 0.25) is 0 Å². The molecule has 2 atom stereocenters. The first-order valence-corrected chi connectivity index (χ1v) is 23.9. The number of benzene rings is 9. The van der Waals surface area contributed by atoms with Gasteiger partial charge in [-0.25, -0.2) is 15.0 Å². The van der Waals surface area contributed by atoms with E-state index in [1.165, 1.54) is 47.6 Å². The maximum Gasteiger partial charge on any atom is 0.166 e. The minimum atomic E-state index is 0.0496. The van der Waals surface area contributed by atoms with Gasteiger partial charge in [-0.15, -0.1) is 11.3 Å². The normalized spacial score (nSPS) is 15.5. The average molecular weight is 888 g/mol. The van der Waals surface area contributed by atoms with E-state index in [4.69, 9.17) is 19.4 Å². The van der Waals surface area contributed by atoms with Crippen molar-refractivity contribution in [2.45, 2.75) is 12.0 Å². The molecule has 0 spiro atoms. The molecule has 0 bridgehead atoms. The van der Waals surface area contributed by atoms with Crippen molar-refractivity contribution in [2.24, 2.45) is 0 Å². The second-order valence-corrected chi connectivity index (χ2v) is 19.0. The van der Waals surface area contributed by atoms with E-state index >= 15 is 0 Å². The Labute approximate surface area is 394 Å². The van der Waals surface area contributed by atoms with Crippen LogP contribution in [0.25, 0.3) is 115 Å². The molecule has 5 heterocycles. The van der Waals surface area contributed by atoms with Crippen LogP contribution in [-0.2, 0) is 0 Å². The Morgan fingerprint density at radius 1 is 0.441 bits per heavy atom. The van der Waals surface area contributed by atoms with Gasteiger partial charge in [-0.3, -0.25) is 0 Å². The van der Waals surface area contributed by atoms with Gasteiger partial charge in [0.15, 0.2) is 17.5 Å². The number of furan rings is 1. The predicted octanol–water partition coefficient (Wildman–Crippen LogP) is 16.1. The molecular weight excluding hydrogens is 851 g/mol. The number of allylic oxidation sites excluding steroid dienone is 2. The summed E-state index contributed by atoms with van der Waals surface area (Å²) in [5.74, 6) is 1.96. The van der Waals surface area contributed by atoms with Crippen molar-refractivity contribution < 1.29 is 4.42 Å². The van der Waals surface area contributed by atoms with E-state index in [-0.39, 0.29) is 12.0 Å². The zero-order chi connectivity index (χ0) is 44.5. The van der Waals surface area contributed by atoms with Crippen LogP contribution >= 0.6 is 11.3 Å². The molecule has 2 unspecified atom stereocenters. The lowest BCUT2D eigenvalue weighted by molar-refractivity contribution is 0.669. The van der Waals surface area contributed by atoms with Crippen molar-refractivity contribution in [1.29, 1.82) is 0 Å². The molecule has 6 nitrogen and oxygen atoms in total. The maximum atomic E-state index is 6.46. The summed E-state index contributed by atoms with van der Waals surface area (Å²) in [5, 5.41) is 9.35. The molecule has 4 aromatic heterocycles. The van der Waals surface area contributed by atoms with E-state index in [2.05, 4.69) is 210 Å². The molecule has 0 N–H and O–H groups in total. The summed E-state index contributed by atoms with van der Waals surface area (Å²) in [6.45, 7) is 0. The highest BCUT2D eigenvalue weighted by molar-refractivity contribution is 7.25. The molecule has 1 aliphatic heterocycles. The first kappa shape index (κ1) is 37.6. The monoisotopic (exact) mass is 887 g/mol. The molecule has 0 saturated carbocycles. The van der Waals surface area contributed by atoms with Crippen molar-refractivity contribution in [3.63, 3.8) is 0 Å². The average Bonchev–Trinajstić information content (AvgIpc) is 4.14. The highest BCUT2D eigenvalue weighted by atomic mass is 32.1. The number of fused-ring (bicyclic) bond motifs is 13. The van der Waals surface area contributed by atoms with E-state index < -0.39 is 0 Å². The lowest BCUT2D eigenvalue weighted by atomic mass is 9.90. The Hall–Kier alpha value is -8.65. The summed E-state index contributed by atoms with van der Waals surface area (Å²) in [6, 6.07) is 67.3. The molecule has 0 radical (unpaired) electrons. The van der Waals surface area contributed by atoms with Gasteiger partial charge in [-0.2, -0.15) is 0 Å². The second-order valence-electron chi connectivity index (χ2n) is 17.9. The number of hydrogen-bond donors (Lipinski definition) is 0. The number of hydrogen-bond acceptors (Lipinski definition) is 6. The van der Waals surface area contributed by atoms with E-state index in [0.717, 1.165) is 66.4 Å². The standard InChI is InChI=1S/C61H37N5OS/c1-2-16-40(17-3-1)65-50-22-10-6-18-41(50)46-31-38(27-29-52(46)65)59-62-60(39-26-28-44-43-20-8-12-24-55(43)67-56(44)33-39)64-61(63-59)49-35-58-48(45-21-9-13-25-57(45)68-58)34-54(49)66-51-23-11-7-19-42(51)47-30-36-14-4-5-15-37(36)32-53(47)66/h1-35,42,51H. The van der Waals surface area contributed by atoms with Gasteiger partial charge >= 0.3 is 0 Å². The molecule has 1 aliphatic carbocycles. The number of aromatic nitrogens is 4. The molecule has 15 rings (SSSR count). The molecule has 7 heteroatoms. The first-order chi connectivity index (χ1) is 33.7. The van der Waals surface area contributed by atoms with E-state index in [1.54, 1.807) is 0 Å². The summed E-state index contributed by atoms with van der Waals surface area (Å²) >= 11 is 1.81. The summed E-state index contributed by atoms with van der Waals surface area (Å²) < 4.78 is 11.2. The number of nitrogens with zero attached hydrogens (tertiary/aromatic N) is 5. The topological polar surface area (TPSA) is 60.0 Å². The summed E-state index contributed by atoms with van der Waals surface area (Å²) in [5.41, 5.74) is 11.3. The second kappa shape index (κ2) is 14.4. The Balaban J connectivity index is 1.00. The molecule has 9 aromatic carbocycles. The Kier molecular flexibility index (Phi) is 7.97. The summed E-state index contributed by atoms with van der Waals surface area (Å²) in [7, 11) is 0. The van der Waals surface area contributed by atoms with Crippen molar-refractivity contribution in [1.82, 2.24) is 19.5 Å². The fraction of sp³-hybridized carbons (Fsp3) is 0.0328. The lowest BCUT2D eigenvalue weighted by Crippen LogP contribution is -2.29. The number of thiophene rings is 1. The Morgan fingerprint density at radius 3 is 2.00 bits per heavy atom. The molecule has 13 aromatic rings. The molecule has 318 valence electrons. The SMILES string of the molecule is C1=CC2c3cc4ccccc4cc3N(c3cc4c(cc3-c3nc(-c5ccc6c(c5)oc5ccccc56)nc(-c5ccc6c(c5)c5ccccc5n6-c5ccccc5)n3)sc3ccccc34)C2C=C1. The number of rotatable bonds is 5. The van der Waals surface area contributed by atoms with Gasteiger partial charge in [0.05, 0.1) is 22.8 Å². The van der Waals surface area contributed by atoms with Gasteiger partial charge in [-0.1, -0.05) is 127 Å². The van der Waals surface area contributed by atoms with Gasteiger partial charge in [0.1, 0.15) is 11.2 Å².